The van der Waals surface area contributed by atoms with Crippen molar-refractivity contribution in [2.45, 2.75) is 39.2 Å². The molecule has 0 fully saturated rings. The van der Waals surface area contributed by atoms with E-state index in [9.17, 15) is 14.4 Å². The van der Waals surface area contributed by atoms with Crippen LogP contribution < -0.4 is 0 Å². The summed E-state index contributed by atoms with van der Waals surface area (Å²) in [6, 6.07) is 9.65. The van der Waals surface area contributed by atoms with Crippen molar-refractivity contribution in [2.24, 2.45) is 0 Å². The molecule has 0 atom stereocenters. The van der Waals surface area contributed by atoms with Crippen LogP contribution >= 0.6 is 0 Å². The summed E-state index contributed by atoms with van der Waals surface area (Å²) in [4.78, 5) is 30.3. The van der Waals surface area contributed by atoms with Crippen molar-refractivity contribution >= 4 is 17.9 Å². The lowest BCUT2D eigenvalue weighted by Crippen LogP contribution is -2.01. The molecule has 1 aromatic carbocycles. The zero-order valence-corrected chi connectivity index (χ0v) is 11.9. The van der Waals surface area contributed by atoms with Gasteiger partial charge in [-0.2, -0.15) is 0 Å². The summed E-state index contributed by atoms with van der Waals surface area (Å²) in [5.74, 6) is -2.05. The molecule has 0 spiro atoms. The molecule has 6 nitrogen and oxygen atoms in total. The molecule has 0 aromatic heterocycles. The van der Waals surface area contributed by atoms with Crippen LogP contribution in [0.15, 0.2) is 30.3 Å². The van der Waals surface area contributed by atoms with Gasteiger partial charge in [0.1, 0.15) is 6.61 Å². The molecule has 0 aliphatic heterocycles. The maximum atomic E-state index is 10.8. The lowest BCUT2D eigenvalue weighted by Gasteiger charge is -2.01. The highest BCUT2D eigenvalue weighted by Crippen LogP contribution is 2.01. The van der Waals surface area contributed by atoms with E-state index < -0.39 is 11.9 Å². The number of rotatable bonds is 7. The third-order valence-corrected chi connectivity index (χ3v) is 2.31. The Kier molecular flexibility index (Phi) is 10.2. The second kappa shape index (κ2) is 11.5. The van der Waals surface area contributed by atoms with Gasteiger partial charge in [-0.15, -0.1) is 0 Å². The molecule has 0 unspecified atom stereocenters. The smallest absolute Gasteiger partial charge is 0.305 e. The Morgan fingerprint density at radius 3 is 1.95 bits per heavy atom. The van der Waals surface area contributed by atoms with Gasteiger partial charge in [0.2, 0.25) is 0 Å². The Hall–Kier alpha value is -2.37. The molecule has 21 heavy (non-hydrogen) atoms. The van der Waals surface area contributed by atoms with Crippen molar-refractivity contribution in [2.75, 3.05) is 0 Å². The van der Waals surface area contributed by atoms with Crippen LogP contribution in [0.25, 0.3) is 0 Å². The Morgan fingerprint density at radius 1 is 1.00 bits per heavy atom. The van der Waals surface area contributed by atoms with Crippen LogP contribution in [0, 0.1) is 0 Å². The van der Waals surface area contributed by atoms with Gasteiger partial charge in [0.25, 0.3) is 0 Å². The summed E-state index contributed by atoms with van der Waals surface area (Å²) < 4.78 is 4.94. The molecule has 0 saturated heterocycles. The molecule has 0 saturated carbocycles. The first-order valence-corrected chi connectivity index (χ1v) is 6.58. The predicted molar refractivity (Wildman–Crippen MR) is 75.7 cm³/mol. The van der Waals surface area contributed by atoms with Gasteiger partial charge in [-0.3, -0.25) is 14.4 Å². The minimum atomic E-state index is -0.948. The highest BCUT2D eigenvalue weighted by atomic mass is 16.5. The molecule has 0 aliphatic carbocycles. The maximum absolute atomic E-state index is 10.8. The van der Waals surface area contributed by atoms with Gasteiger partial charge in [0, 0.05) is 19.3 Å². The molecule has 1 aromatic rings. The SMILES string of the molecule is CCC(=O)OCc1ccccc1.O=C(O)CCCC(=O)O. The molecule has 0 radical (unpaired) electrons. The van der Waals surface area contributed by atoms with Crippen LogP contribution in [0.1, 0.15) is 38.2 Å². The van der Waals surface area contributed by atoms with Gasteiger partial charge >= 0.3 is 17.9 Å². The quantitative estimate of drug-likeness (QED) is 0.749. The van der Waals surface area contributed by atoms with Crippen molar-refractivity contribution < 1.29 is 29.3 Å². The van der Waals surface area contributed by atoms with Crippen LogP contribution in [0.2, 0.25) is 0 Å². The molecule has 0 aliphatic rings. The van der Waals surface area contributed by atoms with Crippen molar-refractivity contribution in [3.63, 3.8) is 0 Å². The lowest BCUT2D eigenvalue weighted by atomic mass is 10.2. The number of hydrogen-bond acceptors (Lipinski definition) is 4. The van der Waals surface area contributed by atoms with E-state index in [1.54, 1.807) is 6.92 Å². The molecule has 0 bridgehead atoms. The Morgan fingerprint density at radius 2 is 1.52 bits per heavy atom. The summed E-state index contributed by atoms with van der Waals surface area (Å²) in [5.41, 5.74) is 1.03. The van der Waals surface area contributed by atoms with Crippen LogP contribution in [0.4, 0.5) is 0 Å². The first-order chi connectivity index (χ1) is 9.95. The summed E-state index contributed by atoms with van der Waals surface area (Å²) in [7, 11) is 0. The number of carboxylic acid groups (broad SMARTS) is 2. The summed E-state index contributed by atoms with van der Waals surface area (Å²) in [6.45, 7) is 2.17. The standard InChI is InChI=1S/C10H12O2.C5H8O4/c1-2-10(11)12-8-9-6-4-3-5-7-9;6-4(7)2-1-3-5(8)9/h3-7H,2,8H2,1H3;1-3H2,(H,6,7)(H,8,9). The first kappa shape index (κ1) is 18.6. The lowest BCUT2D eigenvalue weighted by molar-refractivity contribution is -0.144. The Balaban J connectivity index is 0.000000400. The third kappa shape index (κ3) is 12.4. The fourth-order valence-corrected chi connectivity index (χ4v) is 1.23. The minimum absolute atomic E-state index is 0.0632. The molecule has 6 heteroatoms. The molecule has 1 rings (SSSR count). The van der Waals surface area contributed by atoms with Gasteiger partial charge in [-0.1, -0.05) is 37.3 Å². The van der Waals surface area contributed by atoms with Crippen molar-refractivity contribution in [3.05, 3.63) is 35.9 Å². The monoisotopic (exact) mass is 296 g/mol. The predicted octanol–water partition coefficient (Wildman–Crippen LogP) is 2.47. The third-order valence-electron chi connectivity index (χ3n) is 2.31. The maximum Gasteiger partial charge on any atom is 0.305 e. The normalized spacial score (nSPS) is 9.19. The number of carbonyl (C=O) groups excluding carboxylic acids is 1. The fourth-order valence-electron chi connectivity index (χ4n) is 1.23. The number of carboxylic acids is 2. The number of aliphatic carboxylic acids is 2. The van der Waals surface area contributed by atoms with Crippen molar-refractivity contribution in [1.29, 1.82) is 0 Å². The van der Waals surface area contributed by atoms with E-state index >= 15 is 0 Å². The van der Waals surface area contributed by atoms with Crippen molar-refractivity contribution in [3.8, 4) is 0 Å². The number of hydrogen-bond donors (Lipinski definition) is 2. The molecule has 116 valence electrons. The van der Waals surface area contributed by atoms with E-state index in [2.05, 4.69) is 0 Å². The van der Waals surface area contributed by atoms with Gasteiger partial charge in [0.15, 0.2) is 0 Å². The largest absolute Gasteiger partial charge is 0.481 e. The van der Waals surface area contributed by atoms with E-state index in [0.29, 0.717) is 13.0 Å². The number of esters is 1. The van der Waals surface area contributed by atoms with E-state index in [1.807, 2.05) is 30.3 Å². The van der Waals surface area contributed by atoms with E-state index in [1.165, 1.54) is 0 Å². The number of benzene rings is 1. The second-order valence-electron chi connectivity index (χ2n) is 4.14. The van der Waals surface area contributed by atoms with Crippen molar-refractivity contribution in [1.82, 2.24) is 0 Å². The van der Waals surface area contributed by atoms with Gasteiger partial charge in [0.05, 0.1) is 0 Å². The van der Waals surface area contributed by atoms with E-state index in [-0.39, 0.29) is 25.2 Å². The zero-order chi connectivity index (χ0) is 16.1. The average Bonchev–Trinajstić information content (AvgIpc) is 2.45. The molecule has 2 N–H and O–H groups in total. The molecule has 0 amide bonds. The zero-order valence-electron chi connectivity index (χ0n) is 11.9. The second-order valence-corrected chi connectivity index (χ2v) is 4.14. The van der Waals surface area contributed by atoms with Gasteiger partial charge < -0.3 is 14.9 Å². The van der Waals surface area contributed by atoms with E-state index in [4.69, 9.17) is 14.9 Å². The van der Waals surface area contributed by atoms with Crippen LogP contribution in [-0.2, 0) is 25.7 Å². The molecular weight excluding hydrogens is 276 g/mol. The number of carbonyl (C=O) groups is 3. The minimum Gasteiger partial charge on any atom is -0.481 e. The topological polar surface area (TPSA) is 101 Å². The molecule has 0 heterocycles. The fraction of sp³-hybridized carbons (Fsp3) is 0.400. The summed E-state index contributed by atoms with van der Waals surface area (Å²) in [6.07, 6.45) is 0.524. The van der Waals surface area contributed by atoms with Gasteiger partial charge in [-0.25, -0.2) is 0 Å². The molecular formula is C15H20O6. The Labute approximate surface area is 123 Å². The highest BCUT2D eigenvalue weighted by molar-refractivity contribution is 5.70. The highest BCUT2D eigenvalue weighted by Gasteiger charge is 1.99. The van der Waals surface area contributed by atoms with E-state index in [0.717, 1.165) is 5.56 Å². The number of ether oxygens (including phenoxy) is 1. The van der Waals surface area contributed by atoms with Crippen LogP contribution in [0.5, 0.6) is 0 Å². The summed E-state index contributed by atoms with van der Waals surface area (Å²) in [5, 5.41) is 16.1. The Bertz CT molecular complexity index is 427. The van der Waals surface area contributed by atoms with Crippen LogP contribution in [0.3, 0.4) is 0 Å². The van der Waals surface area contributed by atoms with Gasteiger partial charge in [-0.05, 0) is 12.0 Å². The van der Waals surface area contributed by atoms with Crippen LogP contribution in [-0.4, -0.2) is 28.1 Å². The average molecular weight is 296 g/mol. The summed E-state index contributed by atoms with van der Waals surface area (Å²) >= 11 is 0. The first-order valence-electron chi connectivity index (χ1n) is 6.58.